The van der Waals surface area contributed by atoms with Crippen molar-refractivity contribution >= 4 is 30.5 Å². The number of aromatic nitrogens is 1. The summed E-state index contributed by atoms with van der Waals surface area (Å²) in [6.45, 7) is 0.685. The summed E-state index contributed by atoms with van der Waals surface area (Å²) in [6.07, 6.45) is -0.614. The molecule has 1 aromatic heterocycles. The van der Waals surface area contributed by atoms with E-state index in [1.807, 2.05) is 0 Å². The van der Waals surface area contributed by atoms with Crippen molar-refractivity contribution in [3.63, 3.8) is 0 Å². The van der Waals surface area contributed by atoms with Crippen molar-refractivity contribution in [3.8, 4) is 0 Å². The Bertz CT molecular complexity index is 387. The minimum atomic E-state index is -4.35. The van der Waals surface area contributed by atoms with Gasteiger partial charge in [-0.05, 0) is 18.9 Å². The second-order valence-electron chi connectivity index (χ2n) is 3.83. The van der Waals surface area contributed by atoms with Gasteiger partial charge in [0.2, 0.25) is 0 Å². The average Bonchev–Trinajstić information content (AvgIpc) is 2.63. The Morgan fingerprint density at radius 2 is 1.94 bits per heavy atom. The van der Waals surface area contributed by atoms with Crippen LogP contribution in [0, 0.1) is 0 Å². The first-order chi connectivity index (χ1) is 7.48. The molecule has 2 rings (SSSR count). The lowest BCUT2D eigenvalue weighted by Gasteiger charge is -2.23. The Morgan fingerprint density at radius 1 is 1.28 bits per heavy atom. The number of pyridine rings is 1. The molecule has 1 aliphatic rings. The highest BCUT2D eigenvalue weighted by atomic mass is 35.5. The van der Waals surface area contributed by atoms with Gasteiger partial charge in [-0.1, -0.05) is 0 Å². The molecular formula is C10H14Cl2F3N3. The zero-order valence-electron chi connectivity index (χ0n) is 9.35. The monoisotopic (exact) mass is 303 g/mol. The van der Waals surface area contributed by atoms with E-state index in [-0.39, 0.29) is 31.0 Å². The molecule has 0 bridgehead atoms. The fourth-order valence-electron chi connectivity index (χ4n) is 1.85. The van der Waals surface area contributed by atoms with Gasteiger partial charge >= 0.3 is 6.18 Å². The third kappa shape index (κ3) is 3.63. The molecule has 1 atom stereocenters. The van der Waals surface area contributed by atoms with E-state index in [0.29, 0.717) is 12.2 Å². The van der Waals surface area contributed by atoms with Gasteiger partial charge in [0.25, 0.3) is 0 Å². The van der Waals surface area contributed by atoms with Gasteiger partial charge in [0.15, 0.2) is 0 Å². The molecule has 1 fully saturated rings. The van der Waals surface area contributed by atoms with Crippen LogP contribution in [-0.2, 0) is 6.18 Å². The molecule has 0 spiro atoms. The maximum absolute atomic E-state index is 12.5. The standard InChI is InChI=1S/C10H12F3N3.2ClH/c11-10(12,13)7-4-8(6-15-5-7)16-3-1-2-9(16)14;;/h4-6,9H,1-3,14H2;2*1H. The summed E-state index contributed by atoms with van der Waals surface area (Å²) in [6, 6.07) is 1.10. The molecule has 1 aliphatic heterocycles. The van der Waals surface area contributed by atoms with E-state index < -0.39 is 11.7 Å². The first-order valence-electron chi connectivity index (χ1n) is 5.03. The van der Waals surface area contributed by atoms with Crippen LogP contribution >= 0.6 is 24.8 Å². The van der Waals surface area contributed by atoms with Crippen molar-refractivity contribution in [2.45, 2.75) is 25.2 Å². The molecule has 104 valence electrons. The number of nitrogens with zero attached hydrogens (tertiary/aromatic N) is 2. The van der Waals surface area contributed by atoms with Gasteiger partial charge in [-0.15, -0.1) is 24.8 Å². The molecule has 18 heavy (non-hydrogen) atoms. The molecule has 3 nitrogen and oxygen atoms in total. The van der Waals surface area contributed by atoms with Crippen molar-refractivity contribution < 1.29 is 13.2 Å². The fraction of sp³-hybridized carbons (Fsp3) is 0.500. The molecule has 0 saturated carbocycles. The van der Waals surface area contributed by atoms with Crippen LogP contribution in [0.4, 0.5) is 18.9 Å². The van der Waals surface area contributed by atoms with Crippen molar-refractivity contribution in [2.24, 2.45) is 5.73 Å². The lowest BCUT2D eigenvalue weighted by molar-refractivity contribution is -0.137. The minimum absolute atomic E-state index is 0. The number of halogens is 5. The second kappa shape index (κ2) is 6.45. The van der Waals surface area contributed by atoms with Gasteiger partial charge in [0.1, 0.15) is 0 Å². The van der Waals surface area contributed by atoms with Crippen LogP contribution in [0.5, 0.6) is 0 Å². The van der Waals surface area contributed by atoms with E-state index in [1.54, 1.807) is 4.90 Å². The third-order valence-electron chi connectivity index (χ3n) is 2.68. The van der Waals surface area contributed by atoms with Crippen molar-refractivity contribution in [1.29, 1.82) is 0 Å². The Labute approximate surface area is 115 Å². The van der Waals surface area contributed by atoms with Crippen LogP contribution < -0.4 is 10.6 Å². The van der Waals surface area contributed by atoms with Crippen LogP contribution in [0.3, 0.4) is 0 Å². The zero-order chi connectivity index (χ0) is 11.8. The molecule has 1 aromatic rings. The van der Waals surface area contributed by atoms with E-state index in [2.05, 4.69) is 4.98 Å². The average molecular weight is 304 g/mol. The molecule has 0 aromatic carbocycles. The smallest absolute Gasteiger partial charge is 0.355 e. The number of hydrogen-bond donors (Lipinski definition) is 1. The summed E-state index contributed by atoms with van der Waals surface area (Å²) in [5.41, 5.74) is 5.50. The summed E-state index contributed by atoms with van der Waals surface area (Å²) < 4.78 is 37.4. The summed E-state index contributed by atoms with van der Waals surface area (Å²) in [4.78, 5) is 5.37. The minimum Gasteiger partial charge on any atom is -0.355 e. The van der Waals surface area contributed by atoms with Gasteiger partial charge in [0.05, 0.1) is 23.6 Å². The normalized spacial score (nSPS) is 19.1. The number of nitrogens with two attached hydrogens (primary N) is 1. The Morgan fingerprint density at radius 3 is 2.44 bits per heavy atom. The summed E-state index contributed by atoms with van der Waals surface area (Å²) in [7, 11) is 0. The number of rotatable bonds is 1. The first-order valence-corrected chi connectivity index (χ1v) is 5.03. The number of hydrogen-bond acceptors (Lipinski definition) is 3. The van der Waals surface area contributed by atoms with Gasteiger partial charge < -0.3 is 10.6 Å². The van der Waals surface area contributed by atoms with Gasteiger partial charge in [-0.2, -0.15) is 13.2 Å². The van der Waals surface area contributed by atoms with Crippen molar-refractivity contribution in [3.05, 3.63) is 24.0 Å². The summed E-state index contributed by atoms with van der Waals surface area (Å²) in [5.74, 6) is 0. The zero-order valence-corrected chi connectivity index (χ0v) is 11.0. The lowest BCUT2D eigenvalue weighted by atomic mass is 10.2. The Balaban J connectivity index is 0.00000144. The molecule has 2 heterocycles. The SMILES string of the molecule is Cl.Cl.NC1CCCN1c1cncc(C(F)(F)F)c1. The highest BCUT2D eigenvalue weighted by Crippen LogP contribution is 2.32. The Hall–Kier alpha value is -0.720. The van der Waals surface area contributed by atoms with Crippen LogP contribution in [0.15, 0.2) is 18.5 Å². The fourth-order valence-corrected chi connectivity index (χ4v) is 1.85. The van der Waals surface area contributed by atoms with Crippen LogP contribution in [0.1, 0.15) is 18.4 Å². The highest BCUT2D eigenvalue weighted by molar-refractivity contribution is 5.85. The van der Waals surface area contributed by atoms with Gasteiger partial charge in [-0.3, -0.25) is 4.98 Å². The summed E-state index contributed by atoms with van der Waals surface area (Å²) in [5, 5.41) is 0. The van der Waals surface area contributed by atoms with Crippen LogP contribution in [0.2, 0.25) is 0 Å². The molecule has 1 saturated heterocycles. The van der Waals surface area contributed by atoms with E-state index in [4.69, 9.17) is 5.73 Å². The molecule has 8 heteroatoms. The third-order valence-corrected chi connectivity index (χ3v) is 2.68. The molecular weight excluding hydrogens is 290 g/mol. The summed E-state index contributed by atoms with van der Waals surface area (Å²) >= 11 is 0. The van der Waals surface area contributed by atoms with Gasteiger partial charge in [0, 0.05) is 12.7 Å². The molecule has 0 amide bonds. The van der Waals surface area contributed by atoms with Crippen molar-refractivity contribution in [1.82, 2.24) is 4.98 Å². The lowest BCUT2D eigenvalue weighted by Crippen LogP contribution is -2.36. The number of anilines is 1. The van der Waals surface area contributed by atoms with E-state index in [0.717, 1.165) is 25.1 Å². The Kier molecular flexibility index (Phi) is 6.19. The second-order valence-corrected chi connectivity index (χ2v) is 3.83. The molecule has 0 radical (unpaired) electrons. The van der Waals surface area contributed by atoms with Crippen LogP contribution in [-0.4, -0.2) is 17.7 Å². The first kappa shape index (κ1) is 17.3. The molecule has 2 N–H and O–H groups in total. The van der Waals surface area contributed by atoms with Crippen molar-refractivity contribution in [2.75, 3.05) is 11.4 Å². The van der Waals surface area contributed by atoms with E-state index in [1.165, 1.54) is 6.20 Å². The topological polar surface area (TPSA) is 42.1 Å². The van der Waals surface area contributed by atoms with E-state index in [9.17, 15) is 13.2 Å². The van der Waals surface area contributed by atoms with Crippen LogP contribution in [0.25, 0.3) is 0 Å². The highest BCUT2D eigenvalue weighted by Gasteiger charge is 2.32. The maximum Gasteiger partial charge on any atom is 0.417 e. The predicted octanol–water partition coefficient (Wildman–Crippen LogP) is 2.83. The van der Waals surface area contributed by atoms with E-state index >= 15 is 0 Å². The maximum atomic E-state index is 12.5. The molecule has 0 aliphatic carbocycles. The quantitative estimate of drug-likeness (QED) is 0.867. The largest absolute Gasteiger partial charge is 0.417 e. The molecule has 1 unspecified atom stereocenters. The predicted molar refractivity (Wildman–Crippen MR) is 68.3 cm³/mol. The number of alkyl halides is 3. The van der Waals surface area contributed by atoms with Gasteiger partial charge in [-0.25, -0.2) is 0 Å².